The van der Waals surface area contributed by atoms with Crippen molar-refractivity contribution >= 4 is 33.5 Å². The van der Waals surface area contributed by atoms with Crippen LogP contribution in [0.25, 0.3) is 0 Å². The maximum absolute atomic E-state index is 13.9. The predicted molar refractivity (Wildman–Crippen MR) is 89.2 cm³/mol. The lowest BCUT2D eigenvalue weighted by molar-refractivity contribution is 0.601. The van der Waals surface area contributed by atoms with E-state index >= 15 is 0 Å². The molecular weight excluding hydrogens is 353 g/mol. The first-order chi connectivity index (χ1) is 10.1. The number of nitrogens with zero attached hydrogens (tertiary/aromatic N) is 2. The van der Waals surface area contributed by atoms with E-state index in [-0.39, 0.29) is 5.82 Å². The molecule has 0 atom stereocenters. The van der Waals surface area contributed by atoms with Gasteiger partial charge in [0.15, 0.2) is 11.6 Å². The molecule has 1 aromatic heterocycles. The largest absolute Gasteiger partial charge is 0.368 e. The first kappa shape index (κ1) is 16.2. The Kier molecular flexibility index (Phi) is 5.99. The number of thioether (sulfide) groups is 1. The number of hydrogen-bond acceptors (Lipinski definition) is 4. The zero-order chi connectivity index (χ0) is 15.2. The van der Waals surface area contributed by atoms with Crippen LogP contribution in [0.15, 0.2) is 33.6 Å². The van der Waals surface area contributed by atoms with Gasteiger partial charge in [-0.3, -0.25) is 0 Å². The lowest BCUT2D eigenvalue weighted by atomic mass is 10.3. The molecule has 0 amide bonds. The standard InChI is InChI=1S/C15H17BrFN3S/c1-3-7-18-15-14(17)10(2)19-13(20-15)9-21-12-6-4-5-11(16)8-12/h4-6,8H,3,7,9H2,1-2H3,(H,18,19,20). The highest BCUT2D eigenvalue weighted by Crippen LogP contribution is 2.25. The van der Waals surface area contributed by atoms with Gasteiger partial charge in [0.2, 0.25) is 0 Å². The van der Waals surface area contributed by atoms with Gasteiger partial charge in [-0.2, -0.15) is 0 Å². The molecule has 1 heterocycles. The third-order valence-corrected chi connectivity index (χ3v) is 4.25. The zero-order valence-electron chi connectivity index (χ0n) is 12.0. The second kappa shape index (κ2) is 7.75. The van der Waals surface area contributed by atoms with Crippen LogP contribution in [0.3, 0.4) is 0 Å². The van der Waals surface area contributed by atoms with Crippen LogP contribution >= 0.6 is 27.7 Å². The van der Waals surface area contributed by atoms with Gasteiger partial charge in [-0.25, -0.2) is 14.4 Å². The van der Waals surface area contributed by atoms with Gasteiger partial charge in [0.05, 0.1) is 11.4 Å². The third-order valence-electron chi connectivity index (χ3n) is 2.77. The van der Waals surface area contributed by atoms with E-state index in [0.29, 0.717) is 29.6 Å². The van der Waals surface area contributed by atoms with Crippen molar-refractivity contribution < 1.29 is 4.39 Å². The number of rotatable bonds is 6. The van der Waals surface area contributed by atoms with Gasteiger partial charge >= 0.3 is 0 Å². The molecule has 6 heteroatoms. The van der Waals surface area contributed by atoms with E-state index in [1.807, 2.05) is 31.2 Å². The number of anilines is 1. The van der Waals surface area contributed by atoms with Gasteiger partial charge in [-0.15, -0.1) is 11.8 Å². The number of halogens is 2. The van der Waals surface area contributed by atoms with Gasteiger partial charge in [0, 0.05) is 15.9 Å². The van der Waals surface area contributed by atoms with Crippen molar-refractivity contribution in [1.29, 1.82) is 0 Å². The van der Waals surface area contributed by atoms with E-state index in [9.17, 15) is 4.39 Å². The average Bonchev–Trinajstić information content (AvgIpc) is 2.47. The second-order valence-electron chi connectivity index (χ2n) is 4.56. The van der Waals surface area contributed by atoms with Gasteiger partial charge in [0.1, 0.15) is 5.82 Å². The highest BCUT2D eigenvalue weighted by Gasteiger charge is 2.11. The Hall–Kier alpha value is -1.14. The van der Waals surface area contributed by atoms with Crippen LogP contribution in [0, 0.1) is 12.7 Å². The van der Waals surface area contributed by atoms with Gasteiger partial charge in [0.25, 0.3) is 0 Å². The van der Waals surface area contributed by atoms with Crippen molar-refractivity contribution in [3.8, 4) is 0 Å². The summed E-state index contributed by atoms with van der Waals surface area (Å²) in [5.74, 6) is 1.18. The van der Waals surface area contributed by atoms with Gasteiger partial charge in [-0.05, 0) is 31.5 Å². The van der Waals surface area contributed by atoms with Crippen LogP contribution in [-0.2, 0) is 5.75 Å². The molecule has 2 rings (SSSR count). The Morgan fingerprint density at radius 2 is 2.14 bits per heavy atom. The molecule has 0 saturated heterocycles. The Morgan fingerprint density at radius 3 is 2.86 bits per heavy atom. The Labute approximate surface area is 136 Å². The molecule has 1 aromatic carbocycles. The fourth-order valence-corrected chi connectivity index (χ4v) is 3.11. The normalized spacial score (nSPS) is 10.7. The van der Waals surface area contributed by atoms with E-state index in [1.54, 1.807) is 18.7 Å². The number of hydrogen-bond donors (Lipinski definition) is 1. The number of aromatic nitrogens is 2. The lowest BCUT2D eigenvalue weighted by Gasteiger charge is -2.09. The fourth-order valence-electron chi connectivity index (χ4n) is 1.75. The molecule has 0 aliphatic heterocycles. The van der Waals surface area contributed by atoms with Crippen LogP contribution < -0.4 is 5.32 Å². The summed E-state index contributed by atoms with van der Waals surface area (Å²) in [7, 11) is 0. The number of benzene rings is 1. The maximum Gasteiger partial charge on any atom is 0.186 e. The quantitative estimate of drug-likeness (QED) is 0.742. The van der Waals surface area contributed by atoms with Crippen LogP contribution in [0.4, 0.5) is 10.2 Å². The molecular formula is C15H17BrFN3S. The maximum atomic E-state index is 13.9. The first-order valence-electron chi connectivity index (χ1n) is 6.75. The average molecular weight is 370 g/mol. The van der Waals surface area contributed by atoms with Crippen molar-refractivity contribution in [2.75, 3.05) is 11.9 Å². The molecule has 0 spiro atoms. The summed E-state index contributed by atoms with van der Waals surface area (Å²) < 4.78 is 15.0. The number of aryl methyl sites for hydroxylation is 1. The number of nitrogens with one attached hydrogen (secondary N) is 1. The van der Waals surface area contributed by atoms with E-state index in [1.165, 1.54) is 0 Å². The minimum Gasteiger partial charge on any atom is -0.368 e. The smallest absolute Gasteiger partial charge is 0.186 e. The molecule has 0 fully saturated rings. The highest BCUT2D eigenvalue weighted by atomic mass is 79.9. The lowest BCUT2D eigenvalue weighted by Crippen LogP contribution is -2.09. The first-order valence-corrected chi connectivity index (χ1v) is 8.53. The van der Waals surface area contributed by atoms with Crippen molar-refractivity contribution in [3.63, 3.8) is 0 Å². The van der Waals surface area contributed by atoms with Crippen LogP contribution in [0.1, 0.15) is 24.9 Å². The molecule has 0 radical (unpaired) electrons. The Balaban J connectivity index is 2.11. The molecule has 0 saturated carbocycles. The molecule has 3 nitrogen and oxygen atoms in total. The molecule has 112 valence electrons. The second-order valence-corrected chi connectivity index (χ2v) is 6.53. The van der Waals surface area contributed by atoms with Gasteiger partial charge < -0.3 is 5.32 Å². The summed E-state index contributed by atoms with van der Waals surface area (Å²) in [5.41, 5.74) is 0.383. The molecule has 0 bridgehead atoms. The van der Waals surface area contributed by atoms with E-state index in [0.717, 1.165) is 15.8 Å². The van der Waals surface area contributed by atoms with Crippen molar-refractivity contribution in [2.45, 2.75) is 30.9 Å². The fraction of sp³-hybridized carbons (Fsp3) is 0.333. The molecule has 0 aliphatic carbocycles. The van der Waals surface area contributed by atoms with Crippen LogP contribution in [0.5, 0.6) is 0 Å². The van der Waals surface area contributed by atoms with E-state index in [2.05, 4.69) is 31.2 Å². The monoisotopic (exact) mass is 369 g/mol. The van der Waals surface area contributed by atoms with E-state index < -0.39 is 0 Å². The Morgan fingerprint density at radius 1 is 1.33 bits per heavy atom. The van der Waals surface area contributed by atoms with Gasteiger partial charge in [-0.1, -0.05) is 28.9 Å². The van der Waals surface area contributed by atoms with Crippen LogP contribution in [0.2, 0.25) is 0 Å². The highest BCUT2D eigenvalue weighted by molar-refractivity contribution is 9.10. The summed E-state index contributed by atoms with van der Waals surface area (Å²) in [4.78, 5) is 9.62. The molecule has 21 heavy (non-hydrogen) atoms. The minimum atomic E-state index is -0.361. The van der Waals surface area contributed by atoms with Crippen molar-refractivity contribution in [1.82, 2.24) is 9.97 Å². The zero-order valence-corrected chi connectivity index (χ0v) is 14.4. The van der Waals surface area contributed by atoms with Crippen molar-refractivity contribution in [3.05, 3.63) is 46.1 Å². The Bertz CT molecular complexity index is 622. The van der Waals surface area contributed by atoms with E-state index in [4.69, 9.17) is 0 Å². The van der Waals surface area contributed by atoms with Crippen molar-refractivity contribution in [2.24, 2.45) is 0 Å². The minimum absolute atomic E-state index is 0.300. The SMILES string of the molecule is CCCNc1nc(CSc2cccc(Br)c2)nc(C)c1F. The molecule has 0 aliphatic rings. The summed E-state index contributed by atoms with van der Waals surface area (Å²) in [6.07, 6.45) is 0.921. The summed E-state index contributed by atoms with van der Waals surface area (Å²) in [6.45, 7) is 4.40. The summed E-state index contributed by atoms with van der Waals surface area (Å²) >= 11 is 5.07. The third kappa shape index (κ3) is 4.68. The summed E-state index contributed by atoms with van der Waals surface area (Å²) in [6, 6.07) is 8.03. The predicted octanol–water partition coefficient (Wildman–Crippen LogP) is 4.80. The topological polar surface area (TPSA) is 37.8 Å². The van der Waals surface area contributed by atoms with Crippen LogP contribution in [-0.4, -0.2) is 16.5 Å². The molecule has 2 aromatic rings. The molecule has 1 N–H and O–H groups in total. The summed E-state index contributed by atoms with van der Waals surface area (Å²) in [5, 5.41) is 3.01. The molecule has 0 unspecified atom stereocenters.